The summed E-state index contributed by atoms with van der Waals surface area (Å²) in [5.74, 6) is -0.0531. The number of rotatable bonds is 7. The van der Waals surface area contributed by atoms with Gasteiger partial charge in [-0.1, -0.05) is 36.4 Å². The molecule has 1 N–H and O–H groups in total. The number of hydrogen-bond acceptors (Lipinski definition) is 5. The van der Waals surface area contributed by atoms with Gasteiger partial charge in [0.1, 0.15) is 5.01 Å². The summed E-state index contributed by atoms with van der Waals surface area (Å²) < 4.78 is 7.86. The Morgan fingerprint density at radius 3 is 2.84 bits per heavy atom. The van der Waals surface area contributed by atoms with E-state index in [1.165, 1.54) is 4.88 Å². The van der Waals surface area contributed by atoms with Crippen molar-refractivity contribution in [1.29, 1.82) is 0 Å². The molecule has 0 bridgehead atoms. The number of hydrogen-bond donors (Lipinski definition) is 1. The van der Waals surface area contributed by atoms with Crippen LogP contribution in [0.25, 0.3) is 22.0 Å². The van der Waals surface area contributed by atoms with Crippen LogP contribution in [0.1, 0.15) is 33.8 Å². The van der Waals surface area contributed by atoms with Crippen LogP contribution in [-0.2, 0) is 11.3 Å². The lowest BCUT2D eigenvalue weighted by atomic mass is 10.2. The van der Waals surface area contributed by atoms with Gasteiger partial charge in [0.15, 0.2) is 0 Å². The van der Waals surface area contributed by atoms with Crippen molar-refractivity contribution in [3.8, 4) is 22.0 Å². The van der Waals surface area contributed by atoms with Gasteiger partial charge in [-0.2, -0.15) is 0 Å². The molecule has 4 aromatic rings. The highest BCUT2D eigenvalue weighted by Crippen LogP contribution is 2.32. The molecule has 32 heavy (non-hydrogen) atoms. The van der Waals surface area contributed by atoms with E-state index in [1.807, 2.05) is 31.2 Å². The number of aromatic nitrogens is 2. The number of amides is 1. The van der Waals surface area contributed by atoms with Gasteiger partial charge < -0.3 is 14.6 Å². The molecule has 0 spiro atoms. The monoisotopic (exact) mass is 463 g/mol. The predicted octanol–water partition coefficient (Wildman–Crippen LogP) is 5.61. The van der Waals surface area contributed by atoms with Crippen LogP contribution in [0.15, 0.2) is 59.3 Å². The summed E-state index contributed by atoms with van der Waals surface area (Å²) in [7, 11) is 0. The molecule has 0 aliphatic carbocycles. The molecule has 1 aliphatic heterocycles. The van der Waals surface area contributed by atoms with E-state index >= 15 is 0 Å². The van der Waals surface area contributed by atoms with Gasteiger partial charge in [-0.15, -0.1) is 22.7 Å². The minimum atomic E-state index is -0.0531. The molecule has 5 rings (SSSR count). The summed E-state index contributed by atoms with van der Waals surface area (Å²) in [6, 6.07) is 16.4. The zero-order valence-electron chi connectivity index (χ0n) is 17.9. The maximum Gasteiger partial charge on any atom is 0.253 e. The molecule has 5 nitrogen and oxygen atoms in total. The van der Waals surface area contributed by atoms with E-state index in [-0.39, 0.29) is 12.0 Å². The molecule has 7 heteroatoms. The molecule has 3 aromatic heterocycles. The normalized spacial score (nSPS) is 15.8. The van der Waals surface area contributed by atoms with Gasteiger partial charge in [0.05, 0.1) is 29.6 Å². The molecule has 164 valence electrons. The van der Waals surface area contributed by atoms with E-state index in [9.17, 15) is 4.79 Å². The minimum absolute atomic E-state index is 0.0531. The molecule has 1 fully saturated rings. The van der Waals surface area contributed by atoms with Crippen LogP contribution in [0.3, 0.4) is 0 Å². The first-order chi connectivity index (χ1) is 15.7. The van der Waals surface area contributed by atoms with E-state index in [4.69, 9.17) is 9.72 Å². The fourth-order valence-corrected chi connectivity index (χ4v) is 5.57. The Morgan fingerprint density at radius 2 is 2.09 bits per heavy atom. The maximum atomic E-state index is 13.1. The highest BCUT2D eigenvalue weighted by atomic mass is 32.1. The van der Waals surface area contributed by atoms with E-state index in [1.54, 1.807) is 22.7 Å². The van der Waals surface area contributed by atoms with Gasteiger partial charge in [0, 0.05) is 34.7 Å². The molecule has 1 saturated heterocycles. The number of benzene rings is 1. The Labute approximate surface area is 195 Å². The van der Waals surface area contributed by atoms with Crippen LogP contribution in [0.4, 0.5) is 0 Å². The summed E-state index contributed by atoms with van der Waals surface area (Å²) in [5, 5.41) is 8.21. The van der Waals surface area contributed by atoms with Crippen LogP contribution in [0.5, 0.6) is 0 Å². The SMILES string of the molecule is Cc1c(C(=O)NCC2CCCO2)cc(-c2csc(-c3ccccc3)n2)n1Cc1cccs1. The van der Waals surface area contributed by atoms with E-state index in [2.05, 4.69) is 44.9 Å². The van der Waals surface area contributed by atoms with Crippen molar-refractivity contribution in [3.63, 3.8) is 0 Å². The Balaban J connectivity index is 1.47. The van der Waals surface area contributed by atoms with Gasteiger partial charge in [-0.25, -0.2) is 4.98 Å². The maximum absolute atomic E-state index is 13.1. The first-order valence-corrected chi connectivity index (χ1v) is 12.6. The average Bonchev–Trinajstić information content (AvgIpc) is 3.62. The smallest absolute Gasteiger partial charge is 0.253 e. The summed E-state index contributed by atoms with van der Waals surface area (Å²) in [5.41, 5.74) is 4.62. The van der Waals surface area contributed by atoms with Crippen LogP contribution in [-0.4, -0.2) is 34.7 Å². The standard InChI is InChI=1S/C25H25N3O2S2/c1-17-21(24(29)26-14-19-9-5-11-30-19)13-23(28(17)15-20-10-6-12-31-20)22-16-32-25(27-22)18-7-3-2-4-8-18/h2-4,6-8,10,12-13,16,19H,5,9,11,14-15H2,1H3,(H,26,29). The number of nitrogens with one attached hydrogen (secondary N) is 1. The van der Waals surface area contributed by atoms with Crippen LogP contribution in [0, 0.1) is 6.92 Å². The molecule has 1 amide bonds. The van der Waals surface area contributed by atoms with Crippen molar-refractivity contribution in [1.82, 2.24) is 14.9 Å². The summed E-state index contributed by atoms with van der Waals surface area (Å²) in [6.45, 7) is 4.08. The number of thiazole rings is 1. The highest BCUT2D eigenvalue weighted by molar-refractivity contribution is 7.13. The van der Waals surface area contributed by atoms with E-state index < -0.39 is 0 Å². The molecule has 4 heterocycles. The summed E-state index contributed by atoms with van der Waals surface area (Å²) in [6.07, 6.45) is 2.19. The Morgan fingerprint density at radius 1 is 1.22 bits per heavy atom. The summed E-state index contributed by atoms with van der Waals surface area (Å²) in [4.78, 5) is 19.2. The minimum Gasteiger partial charge on any atom is -0.376 e. The van der Waals surface area contributed by atoms with Crippen molar-refractivity contribution < 1.29 is 9.53 Å². The largest absolute Gasteiger partial charge is 0.376 e. The number of thiophene rings is 1. The molecule has 1 aliphatic rings. The van der Waals surface area contributed by atoms with Gasteiger partial charge in [0.25, 0.3) is 5.91 Å². The third-order valence-corrected chi connectivity index (χ3v) is 7.56. The van der Waals surface area contributed by atoms with Gasteiger partial charge in [-0.05, 0) is 37.3 Å². The predicted molar refractivity (Wildman–Crippen MR) is 130 cm³/mol. The number of ether oxygens (including phenoxy) is 1. The van der Waals surface area contributed by atoms with Gasteiger partial charge in [-0.3, -0.25) is 4.79 Å². The quantitative estimate of drug-likeness (QED) is 0.388. The van der Waals surface area contributed by atoms with Crippen LogP contribution in [0.2, 0.25) is 0 Å². The Kier molecular flexibility index (Phi) is 6.21. The fraction of sp³-hybridized carbons (Fsp3) is 0.280. The van der Waals surface area contributed by atoms with Crippen molar-refractivity contribution in [3.05, 3.63) is 75.4 Å². The second-order valence-electron chi connectivity index (χ2n) is 7.94. The molecule has 0 saturated carbocycles. The Bertz CT molecular complexity index is 1190. The number of carbonyl (C=O) groups excluding carboxylic acids is 1. The van der Waals surface area contributed by atoms with Crippen LogP contribution < -0.4 is 5.32 Å². The zero-order chi connectivity index (χ0) is 21.9. The third-order valence-electron chi connectivity index (χ3n) is 5.81. The fourth-order valence-electron chi connectivity index (χ4n) is 4.06. The first-order valence-electron chi connectivity index (χ1n) is 10.8. The van der Waals surface area contributed by atoms with Gasteiger partial charge >= 0.3 is 0 Å². The van der Waals surface area contributed by atoms with Crippen molar-refractivity contribution in [2.24, 2.45) is 0 Å². The van der Waals surface area contributed by atoms with Crippen molar-refractivity contribution in [2.75, 3.05) is 13.2 Å². The molecule has 1 atom stereocenters. The molecule has 1 aromatic carbocycles. The highest BCUT2D eigenvalue weighted by Gasteiger charge is 2.22. The lowest BCUT2D eigenvalue weighted by molar-refractivity contribution is 0.0857. The Hall–Kier alpha value is -2.74. The molecular formula is C25H25N3O2S2. The van der Waals surface area contributed by atoms with Gasteiger partial charge in [0.2, 0.25) is 0 Å². The first kappa shape index (κ1) is 21.1. The summed E-state index contributed by atoms with van der Waals surface area (Å²) >= 11 is 3.35. The third kappa shape index (κ3) is 4.41. The molecule has 1 unspecified atom stereocenters. The molecular weight excluding hydrogens is 438 g/mol. The number of nitrogens with zero attached hydrogens (tertiary/aromatic N) is 2. The number of carbonyl (C=O) groups is 1. The topological polar surface area (TPSA) is 56.1 Å². The van der Waals surface area contributed by atoms with Crippen molar-refractivity contribution >= 4 is 28.6 Å². The second-order valence-corrected chi connectivity index (χ2v) is 9.83. The second kappa shape index (κ2) is 9.40. The average molecular weight is 464 g/mol. The lowest BCUT2D eigenvalue weighted by Gasteiger charge is -2.12. The molecule has 0 radical (unpaired) electrons. The van der Waals surface area contributed by atoms with E-state index in [0.717, 1.165) is 53.6 Å². The van der Waals surface area contributed by atoms with Crippen LogP contribution >= 0.6 is 22.7 Å². The van der Waals surface area contributed by atoms with Crippen molar-refractivity contribution in [2.45, 2.75) is 32.4 Å². The zero-order valence-corrected chi connectivity index (χ0v) is 19.5. The lowest BCUT2D eigenvalue weighted by Crippen LogP contribution is -2.32. The van der Waals surface area contributed by atoms with E-state index in [0.29, 0.717) is 12.1 Å².